The van der Waals surface area contributed by atoms with E-state index in [9.17, 15) is 19.5 Å². The molecule has 6 nitrogen and oxygen atoms in total. The predicted molar refractivity (Wildman–Crippen MR) is 103 cm³/mol. The van der Waals surface area contributed by atoms with Crippen molar-refractivity contribution in [2.45, 2.75) is 61.8 Å². The third-order valence-electron chi connectivity index (χ3n) is 3.50. The SMILES string of the molecule is CC.CC.CCC(=O)Nc1c(C)c(C(=O)O)c(C)c(C(=O)NC)c1C. The van der Waals surface area contributed by atoms with Crippen LogP contribution >= 0.6 is 0 Å². The first kappa shape index (κ1) is 24.9. The minimum atomic E-state index is -1.12. The number of carboxylic acid groups (broad SMARTS) is 1. The Bertz CT molecular complexity index is 623. The molecule has 0 atom stereocenters. The zero-order valence-electron chi connectivity index (χ0n) is 16.9. The van der Waals surface area contributed by atoms with Gasteiger partial charge in [-0.15, -0.1) is 0 Å². The highest BCUT2D eigenvalue weighted by Gasteiger charge is 2.24. The summed E-state index contributed by atoms with van der Waals surface area (Å²) in [6, 6.07) is 0. The third kappa shape index (κ3) is 5.89. The summed E-state index contributed by atoms with van der Waals surface area (Å²) >= 11 is 0. The molecule has 1 rings (SSSR count). The van der Waals surface area contributed by atoms with Crippen LogP contribution in [0.25, 0.3) is 0 Å². The van der Waals surface area contributed by atoms with Gasteiger partial charge < -0.3 is 15.7 Å². The molecule has 2 amide bonds. The first-order valence-electron chi connectivity index (χ1n) is 8.65. The van der Waals surface area contributed by atoms with E-state index in [0.717, 1.165) is 0 Å². The van der Waals surface area contributed by atoms with Crippen molar-refractivity contribution in [3.63, 3.8) is 0 Å². The molecule has 0 unspecified atom stereocenters. The molecule has 3 N–H and O–H groups in total. The molecular formula is C19H32N2O4. The zero-order chi connectivity index (χ0) is 20.3. The van der Waals surface area contributed by atoms with Gasteiger partial charge in [-0.25, -0.2) is 4.79 Å². The van der Waals surface area contributed by atoms with Crippen molar-refractivity contribution in [3.8, 4) is 0 Å². The van der Waals surface area contributed by atoms with Gasteiger partial charge in [-0.05, 0) is 37.5 Å². The molecule has 0 aliphatic rings. The summed E-state index contributed by atoms with van der Waals surface area (Å²) in [5.41, 5.74) is 2.13. The van der Waals surface area contributed by atoms with Gasteiger partial charge in [0, 0.05) is 24.7 Å². The van der Waals surface area contributed by atoms with Gasteiger partial charge >= 0.3 is 5.97 Å². The second-order valence-electron chi connectivity index (χ2n) is 4.79. The molecule has 0 bridgehead atoms. The zero-order valence-corrected chi connectivity index (χ0v) is 16.9. The Morgan fingerprint density at radius 1 is 0.880 bits per heavy atom. The smallest absolute Gasteiger partial charge is 0.336 e. The number of aromatic carboxylic acids is 1. The maximum absolute atomic E-state index is 12.0. The number of hydrogen-bond acceptors (Lipinski definition) is 3. The minimum absolute atomic E-state index is 0.0469. The molecule has 0 saturated carbocycles. The number of carbonyl (C=O) groups excluding carboxylic acids is 2. The van der Waals surface area contributed by atoms with Crippen molar-refractivity contribution in [3.05, 3.63) is 27.8 Å². The summed E-state index contributed by atoms with van der Waals surface area (Å²) in [6.07, 6.45) is 0.268. The summed E-state index contributed by atoms with van der Waals surface area (Å²) in [5.74, 6) is -1.73. The van der Waals surface area contributed by atoms with Crippen molar-refractivity contribution in [2.24, 2.45) is 0 Å². The quantitative estimate of drug-likeness (QED) is 0.761. The molecule has 0 aliphatic heterocycles. The topological polar surface area (TPSA) is 95.5 Å². The van der Waals surface area contributed by atoms with Gasteiger partial charge in [-0.1, -0.05) is 34.6 Å². The summed E-state index contributed by atoms with van der Waals surface area (Å²) in [6.45, 7) is 14.6. The molecule has 25 heavy (non-hydrogen) atoms. The van der Waals surface area contributed by atoms with Crippen molar-refractivity contribution in [2.75, 3.05) is 12.4 Å². The van der Waals surface area contributed by atoms with Gasteiger partial charge in [0.1, 0.15) is 0 Å². The monoisotopic (exact) mass is 352 g/mol. The van der Waals surface area contributed by atoms with E-state index in [2.05, 4.69) is 10.6 Å². The van der Waals surface area contributed by atoms with Crippen molar-refractivity contribution in [1.82, 2.24) is 5.32 Å². The van der Waals surface area contributed by atoms with E-state index in [1.54, 1.807) is 27.7 Å². The van der Waals surface area contributed by atoms with Crippen LogP contribution < -0.4 is 10.6 Å². The van der Waals surface area contributed by atoms with Crippen molar-refractivity contribution >= 4 is 23.5 Å². The molecule has 0 spiro atoms. The summed E-state index contributed by atoms with van der Waals surface area (Å²) in [5, 5.41) is 14.6. The average molecular weight is 352 g/mol. The van der Waals surface area contributed by atoms with Crippen molar-refractivity contribution < 1.29 is 19.5 Å². The lowest BCUT2D eigenvalue weighted by Gasteiger charge is -2.20. The minimum Gasteiger partial charge on any atom is -0.478 e. The van der Waals surface area contributed by atoms with Crippen LogP contribution in [0.1, 0.15) is 78.4 Å². The van der Waals surface area contributed by atoms with Gasteiger partial charge in [-0.3, -0.25) is 9.59 Å². The highest BCUT2D eigenvalue weighted by atomic mass is 16.4. The van der Waals surface area contributed by atoms with E-state index in [-0.39, 0.29) is 29.4 Å². The van der Waals surface area contributed by atoms with Gasteiger partial charge in [0.05, 0.1) is 5.56 Å². The fourth-order valence-corrected chi connectivity index (χ4v) is 2.42. The van der Waals surface area contributed by atoms with Crippen LogP contribution in [0.2, 0.25) is 0 Å². The molecule has 1 aromatic rings. The number of carboxylic acids is 1. The summed E-state index contributed by atoms with van der Waals surface area (Å²) in [7, 11) is 1.48. The second kappa shape index (κ2) is 12.1. The lowest BCUT2D eigenvalue weighted by Crippen LogP contribution is -2.24. The lowest BCUT2D eigenvalue weighted by atomic mass is 9.90. The van der Waals surface area contributed by atoms with Crippen LogP contribution in [0, 0.1) is 20.8 Å². The Morgan fingerprint density at radius 2 is 1.32 bits per heavy atom. The Balaban J connectivity index is 0. The number of hydrogen-bond donors (Lipinski definition) is 3. The van der Waals surface area contributed by atoms with Crippen LogP contribution in [0.4, 0.5) is 5.69 Å². The van der Waals surface area contributed by atoms with E-state index < -0.39 is 5.97 Å². The standard InChI is InChI=1S/C15H20N2O4.2C2H6/c1-6-10(18)17-13-8(3)11(14(19)16-5)7(2)12(9(13)4)15(20)21;2*1-2/h6H2,1-5H3,(H,16,19)(H,17,18)(H,20,21);2*1-2H3. The molecule has 0 fully saturated rings. The predicted octanol–water partition coefficient (Wildman–Crippen LogP) is 4.07. The molecule has 0 saturated heterocycles. The number of carbonyl (C=O) groups is 3. The van der Waals surface area contributed by atoms with Crippen LogP contribution in [0.3, 0.4) is 0 Å². The molecule has 142 valence electrons. The molecule has 1 aromatic carbocycles. The Kier molecular flexibility index (Phi) is 12.0. The average Bonchev–Trinajstić information content (AvgIpc) is 2.61. The number of anilines is 1. The maximum Gasteiger partial charge on any atom is 0.336 e. The van der Waals surface area contributed by atoms with Gasteiger partial charge in [0.2, 0.25) is 5.91 Å². The lowest BCUT2D eigenvalue weighted by molar-refractivity contribution is -0.115. The van der Waals surface area contributed by atoms with Crippen LogP contribution in [-0.2, 0) is 4.79 Å². The second-order valence-corrected chi connectivity index (χ2v) is 4.79. The fraction of sp³-hybridized carbons (Fsp3) is 0.526. The molecule has 0 radical (unpaired) electrons. The Labute approximate surface area is 151 Å². The summed E-state index contributed by atoms with van der Waals surface area (Å²) < 4.78 is 0. The van der Waals surface area contributed by atoms with E-state index in [1.807, 2.05) is 27.7 Å². The molecule has 0 aromatic heterocycles. The largest absolute Gasteiger partial charge is 0.478 e. The van der Waals surface area contributed by atoms with Crippen molar-refractivity contribution in [1.29, 1.82) is 0 Å². The van der Waals surface area contributed by atoms with E-state index >= 15 is 0 Å². The summed E-state index contributed by atoms with van der Waals surface area (Å²) in [4.78, 5) is 35.2. The first-order chi connectivity index (χ1) is 11.8. The maximum atomic E-state index is 12.0. The number of nitrogens with one attached hydrogen (secondary N) is 2. The molecule has 6 heteroatoms. The van der Waals surface area contributed by atoms with Crippen LogP contribution in [0.15, 0.2) is 0 Å². The van der Waals surface area contributed by atoms with E-state index in [0.29, 0.717) is 22.4 Å². The van der Waals surface area contributed by atoms with Crippen LogP contribution in [0.5, 0.6) is 0 Å². The number of rotatable bonds is 4. The van der Waals surface area contributed by atoms with Gasteiger partial charge in [0.15, 0.2) is 0 Å². The van der Waals surface area contributed by atoms with Gasteiger partial charge in [0.25, 0.3) is 5.91 Å². The fourth-order valence-electron chi connectivity index (χ4n) is 2.42. The normalized spacial score (nSPS) is 9.00. The molecule has 0 aliphatic carbocycles. The Hall–Kier alpha value is -2.37. The highest BCUT2D eigenvalue weighted by Crippen LogP contribution is 2.31. The Morgan fingerprint density at radius 3 is 1.68 bits per heavy atom. The third-order valence-corrected chi connectivity index (χ3v) is 3.50. The number of amides is 2. The molecule has 0 heterocycles. The van der Waals surface area contributed by atoms with Gasteiger partial charge in [-0.2, -0.15) is 0 Å². The van der Waals surface area contributed by atoms with E-state index in [1.165, 1.54) is 7.05 Å². The number of benzene rings is 1. The molecular weight excluding hydrogens is 320 g/mol. The van der Waals surface area contributed by atoms with Crippen LogP contribution in [-0.4, -0.2) is 29.9 Å². The highest BCUT2D eigenvalue weighted by molar-refractivity contribution is 6.06. The van der Waals surface area contributed by atoms with E-state index in [4.69, 9.17) is 0 Å². The first-order valence-corrected chi connectivity index (χ1v) is 8.65.